The number of carbonyl (C=O) groups is 3. The van der Waals surface area contributed by atoms with Crippen LogP contribution < -0.4 is 10.1 Å². The summed E-state index contributed by atoms with van der Waals surface area (Å²) in [5.41, 5.74) is 1.54. The van der Waals surface area contributed by atoms with Gasteiger partial charge in [0.25, 0.3) is 5.91 Å². The molecule has 3 amide bonds. The molecule has 1 saturated heterocycles. The predicted octanol–water partition coefficient (Wildman–Crippen LogP) is 3.01. The van der Waals surface area contributed by atoms with E-state index in [4.69, 9.17) is 9.84 Å². The fraction of sp³-hybridized carbons (Fsp3) is 0.105. The van der Waals surface area contributed by atoms with Crippen molar-refractivity contribution in [1.29, 1.82) is 0 Å². The molecule has 0 atom stereocenters. The van der Waals surface area contributed by atoms with Crippen molar-refractivity contribution in [2.45, 2.75) is 6.61 Å². The number of halogens is 1. The second kappa shape index (κ2) is 8.05. The zero-order valence-corrected chi connectivity index (χ0v) is 15.6. The third-order valence-electron chi connectivity index (χ3n) is 3.76. The zero-order chi connectivity index (χ0) is 19.4. The molecule has 0 unspecified atom stereocenters. The molecule has 0 spiro atoms. The Morgan fingerprint density at radius 2 is 1.93 bits per heavy atom. The molecule has 1 aliphatic rings. The minimum atomic E-state index is -1.27. The largest absolute Gasteiger partial charge is 0.488 e. The monoisotopic (exact) mass is 430 g/mol. The number of nitrogens with zero attached hydrogens (tertiary/aromatic N) is 1. The Balaban J connectivity index is 1.84. The Labute approximate surface area is 163 Å². The Morgan fingerprint density at radius 1 is 1.19 bits per heavy atom. The van der Waals surface area contributed by atoms with Crippen LogP contribution in [0.2, 0.25) is 0 Å². The van der Waals surface area contributed by atoms with Crippen LogP contribution in [0.3, 0.4) is 0 Å². The number of carboxylic acid groups (broad SMARTS) is 1. The maximum Gasteiger partial charge on any atom is 0.329 e. The molecule has 3 rings (SSSR count). The molecule has 0 aromatic heterocycles. The third kappa shape index (κ3) is 4.53. The van der Waals surface area contributed by atoms with E-state index in [1.54, 1.807) is 18.2 Å². The van der Waals surface area contributed by atoms with Crippen LogP contribution in [0.25, 0.3) is 6.08 Å². The summed E-state index contributed by atoms with van der Waals surface area (Å²) in [5.74, 6) is -1.45. The average Bonchev–Trinajstić information content (AvgIpc) is 2.89. The number of nitrogens with one attached hydrogen (secondary N) is 1. The van der Waals surface area contributed by atoms with E-state index in [9.17, 15) is 14.4 Å². The number of urea groups is 1. The molecular weight excluding hydrogens is 416 g/mol. The molecule has 2 aromatic carbocycles. The summed E-state index contributed by atoms with van der Waals surface area (Å²) in [4.78, 5) is 35.6. The molecule has 0 radical (unpaired) electrons. The van der Waals surface area contributed by atoms with Gasteiger partial charge < -0.3 is 15.2 Å². The fourth-order valence-corrected chi connectivity index (χ4v) is 2.88. The molecule has 7 nitrogen and oxygen atoms in total. The van der Waals surface area contributed by atoms with Crippen LogP contribution in [0.15, 0.2) is 58.7 Å². The molecule has 2 aromatic rings. The summed E-state index contributed by atoms with van der Waals surface area (Å²) < 4.78 is 6.61. The number of hydrogen-bond acceptors (Lipinski definition) is 4. The second-order valence-electron chi connectivity index (χ2n) is 5.73. The summed E-state index contributed by atoms with van der Waals surface area (Å²) in [6.45, 7) is -0.359. The number of carbonyl (C=O) groups excluding carboxylic acids is 2. The summed E-state index contributed by atoms with van der Waals surface area (Å²) in [6, 6.07) is 14.1. The summed E-state index contributed by atoms with van der Waals surface area (Å²) in [7, 11) is 0. The van der Waals surface area contributed by atoms with E-state index >= 15 is 0 Å². The molecular formula is C19H15BrN2O5. The normalized spacial score (nSPS) is 15.1. The van der Waals surface area contributed by atoms with E-state index in [2.05, 4.69) is 21.2 Å². The number of aliphatic carboxylic acids is 1. The van der Waals surface area contributed by atoms with Crippen LogP contribution in [0.5, 0.6) is 5.75 Å². The van der Waals surface area contributed by atoms with Gasteiger partial charge in [0.2, 0.25) is 0 Å². The highest BCUT2D eigenvalue weighted by atomic mass is 79.9. The van der Waals surface area contributed by atoms with E-state index in [-0.39, 0.29) is 5.70 Å². The zero-order valence-electron chi connectivity index (χ0n) is 14.0. The van der Waals surface area contributed by atoms with Gasteiger partial charge in [0, 0.05) is 10.0 Å². The number of imide groups is 1. The Hall–Kier alpha value is -3.13. The van der Waals surface area contributed by atoms with Gasteiger partial charge in [-0.3, -0.25) is 9.59 Å². The van der Waals surface area contributed by atoms with Crippen LogP contribution in [-0.4, -0.2) is 34.5 Å². The predicted molar refractivity (Wildman–Crippen MR) is 101 cm³/mol. The molecule has 27 heavy (non-hydrogen) atoms. The van der Waals surface area contributed by atoms with E-state index in [0.29, 0.717) is 22.8 Å². The Bertz CT molecular complexity index is 927. The molecule has 1 fully saturated rings. The lowest BCUT2D eigenvalue weighted by molar-refractivity contribution is -0.140. The highest BCUT2D eigenvalue weighted by molar-refractivity contribution is 9.10. The molecule has 8 heteroatoms. The van der Waals surface area contributed by atoms with Crippen molar-refractivity contribution in [3.8, 4) is 5.75 Å². The van der Waals surface area contributed by atoms with Crippen LogP contribution in [-0.2, 0) is 16.2 Å². The Morgan fingerprint density at radius 3 is 2.63 bits per heavy atom. The van der Waals surface area contributed by atoms with Gasteiger partial charge in [-0.15, -0.1) is 0 Å². The van der Waals surface area contributed by atoms with Crippen LogP contribution in [0, 0.1) is 0 Å². The minimum absolute atomic E-state index is 0.0103. The van der Waals surface area contributed by atoms with Crippen LogP contribution in [0.1, 0.15) is 11.1 Å². The highest BCUT2D eigenvalue weighted by Gasteiger charge is 2.35. The third-order valence-corrected chi connectivity index (χ3v) is 4.26. The summed E-state index contributed by atoms with van der Waals surface area (Å²) in [5, 5.41) is 11.2. The maximum atomic E-state index is 12.3. The average molecular weight is 431 g/mol. The number of ether oxygens (including phenoxy) is 1. The van der Waals surface area contributed by atoms with Crippen molar-refractivity contribution in [1.82, 2.24) is 10.2 Å². The van der Waals surface area contributed by atoms with Gasteiger partial charge in [-0.25, -0.2) is 9.69 Å². The topological polar surface area (TPSA) is 95.9 Å². The van der Waals surface area contributed by atoms with E-state index in [1.807, 2.05) is 30.3 Å². The number of amides is 3. The van der Waals surface area contributed by atoms with Crippen molar-refractivity contribution in [2.75, 3.05) is 6.54 Å². The van der Waals surface area contributed by atoms with E-state index < -0.39 is 24.5 Å². The number of rotatable bonds is 6. The van der Waals surface area contributed by atoms with Crippen LogP contribution in [0.4, 0.5) is 4.79 Å². The fourth-order valence-electron chi connectivity index (χ4n) is 2.50. The van der Waals surface area contributed by atoms with Crippen molar-refractivity contribution in [3.05, 3.63) is 69.8 Å². The number of benzene rings is 2. The van der Waals surface area contributed by atoms with Gasteiger partial charge in [0.05, 0.1) is 0 Å². The SMILES string of the molecule is O=C(O)CN1C(=O)N/C(=C/c2cc(Br)ccc2OCc2ccccc2)C1=O. The molecule has 1 heterocycles. The van der Waals surface area contributed by atoms with E-state index in [1.165, 1.54) is 6.08 Å². The van der Waals surface area contributed by atoms with Crippen molar-refractivity contribution in [3.63, 3.8) is 0 Å². The first-order chi connectivity index (χ1) is 12.9. The second-order valence-corrected chi connectivity index (χ2v) is 6.65. The highest BCUT2D eigenvalue weighted by Crippen LogP contribution is 2.27. The van der Waals surface area contributed by atoms with Gasteiger partial charge in [-0.1, -0.05) is 46.3 Å². The van der Waals surface area contributed by atoms with E-state index in [0.717, 1.165) is 10.0 Å². The number of hydrogen-bond donors (Lipinski definition) is 2. The molecule has 2 N–H and O–H groups in total. The van der Waals surface area contributed by atoms with Gasteiger partial charge >= 0.3 is 12.0 Å². The maximum absolute atomic E-state index is 12.3. The first kappa shape index (κ1) is 18.7. The molecule has 0 aliphatic carbocycles. The van der Waals surface area contributed by atoms with Crippen molar-refractivity contribution in [2.24, 2.45) is 0 Å². The lowest BCUT2D eigenvalue weighted by Gasteiger charge is -2.10. The molecule has 1 aliphatic heterocycles. The smallest absolute Gasteiger partial charge is 0.329 e. The lowest BCUT2D eigenvalue weighted by atomic mass is 10.1. The molecule has 0 saturated carbocycles. The summed E-state index contributed by atoms with van der Waals surface area (Å²) >= 11 is 3.37. The van der Waals surface area contributed by atoms with Crippen LogP contribution >= 0.6 is 15.9 Å². The Kier molecular flexibility index (Phi) is 5.56. The number of carboxylic acids is 1. The minimum Gasteiger partial charge on any atom is -0.488 e. The van der Waals surface area contributed by atoms with Crippen molar-refractivity contribution >= 4 is 39.9 Å². The van der Waals surface area contributed by atoms with Gasteiger partial charge in [0.1, 0.15) is 24.6 Å². The standard InChI is InChI=1S/C19H15BrN2O5/c20-14-6-7-16(27-11-12-4-2-1-3-5-12)13(8-14)9-15-18(25)22(10-17(23)24)19(26)21-15/h1-9H,10-11H2,(H,21,26)(H,23,24)/b15-9+. The molecule has 138 valence electrons. The van der Waals surface area contributed by atoms with Gasteiger partial charge in [-0.05, 0) is 29.8 Å². The first-order valence-electron chi connectivity index (χ1n) is 7.96. The summed E-state index contributed by atoms with van der Waals surface area (Å²) in [6.07, 6.45) is 1.47. The van der Waals surface area contributed by atoms with Gasteiger partial charge in [0.15, 0.2) is 0 Å². The van der Waals surface area contributed by atoms with Crippen molar-refractivity contribution < 1.29 is 24.2 Å². The molecule has 0 bridgehead atoms. The quantitative estimate of drug-likeness (QED) is 0.542. The first-order valence-corrected chi connectivity index (χ1v) is 8.76. The lowest BCUT2D eigenvalue weighted by Crippen LogP contribution is -2.35. The van der Waals surface area contributed by atoms with Gasteiger partial charge in [-0.2, -0.15) is 0 Å².